The minimum atomic E-state index is 0.206. The average Bonchev–Trinajstić information content (AvgIpc) is 2.32. The van der Waals surface area contributed by atoms with Crippen molar-refractivity contribution in [1.82, 2.24) is 9.78 Å². The molecule has 0 saturated heterocycles. The highest BCUT2D eigenvalue weighted by Gasteiger charge is 2.23. The van der Waals surface area contributed by atoms with E-state index in [1.165, 1.54) is 5.56 Å². The first-order valence-corrected chi connectivity index (χ1v) is 5.46. The summed E-state index contributed by atoms with van der Waals surface area (Å²) in [4.78, 5) is 0.544. The highest BCUT2D eigenvalue weighted by molar-refractivity contribution is 9.09. The summed E-state index contributed by atoms with van der Waals surface area (Å²) in [6.07, 6.45) is 5.17. The van der Waals surface area contributed by atoms with Gasteiger partial charge in [0, 0.05) is 18.1 Å². The molecule has 0 spiro atoms. The fourth-order valence-corrected chi connectivity index (χ4v) is 2.40. The fourth-order valence-electron chi connectivity index (χ4n) is 1.59. The van der Waals surface area contributed by atoms with E-state index in [1.54, 1.807) is 0 Å². The van der Waals surface area contributed by atoms with Gasteiger partial charge in [-0.15, -0.1) is 0 Å². The van der Waals surface area contributed by atoms with Gasteiger partial charge in [0.2, 0.25) is 0 Å². The molecule has 0 N–H and O–H groups in total. The first-order valence-electron chi connectivity index (χ1n) is 4.55. The highest BCUT2D eigenvalue weighted by Crippen LogP contribution is 2.29. The van der Waals surface area contributed by atoms with Crippen LogP contribution in [0.2, 0.25) is 0 Å². The highest BCUT2D eigenvalue weighted by atomic mass is 79.9. The van der Waals surface area contributed by atoms with Gasteiger partial charge in [-0.2, -0.15) is 5.10 Å². The van der Waals surface area contributed by atoms with E-state index in [2.05, 4.69) is 48.0 Å². The standard InChI is InChI=1S/C10H17BrN2/c1-8(11)5-10(2,3)9-6-12-13(4)7-9/h6-8H,5H2,1-4H3. The van der Waals surface area contributed by atoms with E-state index in [9.17, 15) is 0 Å². The van der Waals surface area contributed by atoms with Crippen molar-refractivity contribution in [2.75, 3.05) is 0 Å². The van der Waals surface area contributed by atoms with Crippen molar-refractivity contribution in [3.63, 3.8) is 0 Å². The van der Waals surface area contributed by atoms with Crippen LogP contribution in [0.5, 0.6) is 0 Å². The summed E-state index contributed by atoms with van der Waals surface area (Å²) >= 11 is 3.59. The smallest absolute Gasteiger partial charge is 0.0527 e. The first kappa shape index (κ1) is 10.8. The zero-order chi connectivity index (χ0) is 10.1. The van der Waals surface area contributed by atoms with Crippen LogP contribution < -0.4 is 0 Å². The molecule has 0 aromatic carbocycles. The molecule has 0 aliphatic rings. The Balaban J connectivity index is 2.80. The molecule has 0 radical (unpaired) electrons. The quantitative estimate of drug-likeness (QED) is 0.749. The van der Waals surface area contributed by atoms with Crippen molar-refractivity contribution in [3.8, 4) is 0 Å². The van der Waals surface area contributed by atoms with Crippen LogP contribution in [-0.4, -0.2) is 14.6 Å². The molecule has 0 bridgehead atoms. The second-order valence-corrected chi connectivity index (χ2v) is 5.83. The predicted octanol–water partition coefficient (Wildman–Crippen LogP) is 2.87. The molecule has 0 aliphatic carbocycles. The van der Waals surface area contributed by atoms with Gasteiger partial charge in [-0.1, -0.05) is 36.7 Å². The van der Waals surface area contributed by atoms with Crippen molar-refractivity contribution >= 4 is 15.9 Å². The van der Waals surface area contributed by atoms with E-state index in [4.69, 9.17) is 0 Å². The Morgan fingerprint density at radius 3 is 2.62 bits per heavy atom. The molecule has 1 unspecified atom stereocenters. The van der Waals surface area contributed by atoms with E-state index < -0.39 is 0 Å². The molecule has 0 saturated carbocycles. The minimum Gasteiger partial charge on any atom is -0.276 e. The fraction of sp³-hybridized carbons (Fsp3) is 0.700. The molecule has 0 aliphatic heterocycles. The van der Waals surface area contributed by atoms with E-state index in [-0.39, 0.29) is 5.41 Å². The van der Waals surface area contributed by atoms with Crippen LogP contribution in [0.1, 0.15) is 32.8 Å². The van der Waals surface area contributed by atoms with Gasteiger partial charge in [0.15, 0.2) is 0 Å². The third-order valence-corrected chi connectivity index (χ3v) is 2.60. The van der Waals surface area contributed by atoms with Gasteiger partial charge in [0.05, 0.1) is 6.20 Å². The number of alkyl halides is 1. The summed E-state index contributed by atoms with van der Waals surface area (Å²) in [6.45, 7) is 6.68. The first-order chi connectivity index (χ1) is 5.92. The number of hydrogen-bond donors (Lipinski definition) is 0. The minimum absolute atomic E-state index is 0.206. The number of nitrogens with zero attached hydrogens (tertiary/aromatic N) is 2. The average molecular weight is 245 g/mol. The maximum absolute atomic E-state index is 4.19. The van der Waals surface area contributed by atoms with Crippen molar-refractivity contribution in [1.29, 1.82) is 0 Å². The monoisotopic (exact) mass is 244 g/mol. The van der Waals surface area contributed by atoms with Gasteiger partial charge >= 0.3 is 0 Å². The van der Waals surface area contributed by atoms with Gasteiger partial charge in [0.25, 0.3) is 0 Å². The largest absolute Gasteiger partial charge is 0.276 e. The maximum Gasteiger partial charge on any atom is 0.0527 e. The van der Waals surface area contributed by atoms with Gasteiger partial charge in [-0.25, -0.2) is 0 Å². The SMILES string of the molecule is CC(Br)CC(C)(C)c1cnn(C)c1. The van der Waals surface area contributed by atoms with Crippen LogP contribution in [-0.2, 0) is 12.5 Å². The second-order valence-electron chi connectivity index (χ2n) is 4.27. The van der Waals surface area contributed by atoms with Crippen LogP contribution in [0.4, 0.5) is 0 Å². The van der Waals surface area contributed by atoms with Crippen molar-refractivity contribution < 1.29 is 0 Å². The molecule has 1 aromatic heterocycles. The van der Waals surface area contributed by atoms with Gasteiger partial charge < -0.3 is 0 Å². The topological polar surface area (TPSA) is 17.8 Å². The lowest BCUT2D eigenvalue weighted by atomic mass is 9.82. The molecule has 74 valence electrons. The van der Waals surface area contributed by atoms with Crippen molar-refractivity contribution in [2.24, 2.45) is 7.05 Å². The lowest BCUT2D eigenvalue weighted by Crippen LogP contribution is -2.20. The molecule has 1 atom stereocenters. The van der Waals surface area contributed by atoms with E-state index in [1.807, 2.05) is 17.9 Å². The molecular formula is C10H17BrN2. The van der Waals surface area contributed by atoms with Gasteiger partial charge in [-0.3, -0.25) is 4.68 Å². The Hall–Kier alpha value is -0.310. The Labute approximate surface area is 88.5 Å². The number of halogens is 1. The summed E-state index contributed by atoms with van der Waals surface area (Å²) in [7, 11) is 1.96. The van der Waals surface area contributed by atoms with Crippen LogP contribution in [0.3, 0.4) is 0 Å². The molecule has 13 heavy (non-hydrogen) atoms. The Bertz CT molecular complexity index is 276. The normalized spacial score (nSPS) is 14.5. The van der Waals surface area contributed by atoms with Crippen molar-refractivity contribution in [2.45, 2.75) is 37.4 Å². The Morgan fingerprint density at radius 1 is 1.62 bits per heavy atom. The van der Waals surface area contributed by atoms with E-state index in [0.717, 1.165) is 6.42 Å². The molecule has 0 fully saturated rings. The zero-order valence-electron chi connectivity index (χ0n) is 8.71. The lowest BCUT2D eigenvalue weighted by Gasteiger charge is -2.24. The van der Waals surface area contributed by atoms with E-state index >= 15 is 0 Å². The van der Waals surface area contributed by atoms with Gasteiger partial charge in [-0.05, 0) is 17.4 Å². The molecule has 1 rings (SSSR count). The van der Waals surface area contributed by atoms with Crippen LogP contribution in [0.25, 0.3) is 0 Å². The number of aromatic nitrogens is 2. The maximum atomic E-state index is 4.19. The Kier molecular flexibility index (Phi) is 3.17. The second kappa shape index (κ2) is 3.82. The zero-order valence-corrected chi connectivity index (χ0v) is 10.3. The molecule has 2 nitrogen and oxygen atoms in total. The summed E-state index contributed by atoms with van der Waals surface area (Å²) in [5.41, 5.74) is 1.51. The van der Waals surface area contributed by atoms with E-state index in [0.29, 0.717) is 4.83 Å². The van der Waals surface area contributed by atoms with Crippen molar-refractivity contribution in [3.05, 3.63) is 18.0 Å². The van der Waals surface area contributed by atoms with Crippen LogP contribution >= 0.6 is 15.9 Å². The number of rotatable bonds is 3. The molecular weight excluding hydrogens is 228 g/mol. The molecule has 0 amide bonds. The molecule has 3 heteroatoms. The lowest BCUT2D eigenvalue weighted by molar-refractivity contribution is 0.482. The number of aryl methyl sites for hydroxylation is 1. The summed E-state index contributed by atoms with van der Waals surface area (Å²) in [6, 6.07) is 0. The van der Waals surface area contributed by atoms with Gasteiger partial charge in [0.1, 0.15) is 0 Å². The molecule has 1 heterocycles. The Morgan fingerprint density at radius 2 is 2.23 bits per heavy atom. The van der Waals surface area contributed by atoms with Crippen LogP contribution in [0, 0.1) is 0 Å². The third-order valence-electron chi connectivity index (χ3n) is 2.28. The predicted molar refractivity (Wildman–Crippen MR) is 59.2 cm³/mol. The summed E-state index contributed by atoms with van der Waals surface area (Å²) < 4.78 is 1.86. The number of hydrogen-bond acceptors (Lipinski definition) is 1. The van der Waals surface area contributed by atoms with Crippen LogP contribution in [0.15, 0.2) is 12.4 Å². The molecule has 1 aromatic rings. The summed E-state index contributed by atoms with van der Waals surface area (Å²) in [5.74, 6) is 0. The summed E-state index contributed by atoms with van der Waals surface area (Å²) in [5, 5.41) is 4.19. The third kappa shape index (κ3) is 2.83.